The summed E-state index contributed by atoms with van der Waals surface area (Å²) < 4.78 is 5.91. The molecule has 4 aromatic rings. The van der Waals surface area contributed by atoms with Crippen LogP contribution in [0, 0.1) is 0 Å². The summed E-state index contributed by atoms with van der Waals surface area (Å²) >= 11 is -3.17. The van der Waals surface area contributed by atoms with Crippen molar-refractivity contribution in [2.45, 2.75) is 0 Å². The Morgan fingerprint density at radius 1 is 0.280 bits per heavy atom. The molecule has 1 heteroatoms. The molecule has 0 saturated heterocycles. The van der Waals surface area contributed by atoms with Crippen LogP contribution >= 0.6 is 0 Å². The standard InChI is InChI=1S/4C6H5.Sb/c4*1-2-4-6-5-3-1;/h4*1-5H;. The fraction of sp³-hybridized carbons (Fsp3) is 0. The zero-order chi connectivity index (χ0) is 17.0. The molecule has 1 radical (unpaired) electrons. The monoisotopic (exact) mass is 429 g/mol. The molecule has 0 atom stereocenters. The molecule has 4 aromatic carbocycles. The molecular formula is C24H20Sb. The van der Waals surface area contributed by atoms with E-state index in [1.807, 2.05) is 0 Å². The van der Waals surface area contributed by atoms with E-state index in [4.69, 9.17) is 0 Å². The fourth-order valence-corrected chi connectivity index (χ4v) is 15.7. The van der Waals surface area contributed by atoms with Crippen LogP contribution in [0.1, 0.15) is 0 Å². The van der Waals surface area contributed by atoms with Crippen molar-refractivity contribution in [1.29, 1.82) is 0 Å². The molecule has 0 spiro atoms. The second-order valence-corrected chi connectivity index (χ2v) is 15.7. The van der Waals surface area contributed by atoms with Crippen molar-refractivity contribution in [3.8, 4) is 0 Å². The summed E-state index contributed by atoms with van der Waals surface area (Å²) in [7, 11) is 0. The van der Waals surface area contributed by atoms with Gasteiger partial charge in [-0.1, -0.05) is 0 Å². The van der Waals surface area contributed by atoms with E-state index in [9.17, 15) is 0 Å². The van der Waals surface area contributed by atoms with E-state index in [-0.39, 0.29) is 0 Å². The molecule has 0 amide bonds. The molecule has 0 aliphatic rings. The van der Waals surface area contributed by atoms with Gasteiger partial charge < -0.3 is 0 Å². The number of hydrogen-bond acceptors (Lipinski definition) is 0. The van der Waals surface area contributed by atoms with Gasteiger partial charge in [0.25, 0.3) is 0 Å². The van der Waals surface area contributed by atoms with Crippen molar-refractivity contribution in [3.63, 3.8) is 0 Å². The van der Waals surface area contributed by atoms with Crippen LogP contribution in [-0.2, 0) is 0 Å². The van der Waals surface area contributed by atoms with Gasteiger partial charge in [0.15, 0.2) is 0 Å². The summed E-state index contributed by atoms with van der Waals surface area (Å²) in [5.74, 6) is 0. The third-order valence-corrected chi connectivity index (χ3v) is 16.8. The van der Waals surface area contributed by atoms with E-state index < -0.39 is 18.8 Å². The van der Waals surface area contributed by atoms with Crippen molar-refractivity contribution < 1.29 is 0 Å². The molecule has 121 valence electrons. The first kappa shape index (κ1) is 16.2. The van der Waals surface area contributed by atoms with Crippen LogP contribution in [0.25, 0.3) is 0 Å². The van der Waals surface area contributed by atoms with Gasteiger partial charge in [0.2, 0.25) is 0 Å². The second kappa shape index (κ2) is 7.29. The van der Waals surface area contributed by atoms with Gasteiger partial charge in [0, 0.05) is 0 Å². The zero-order valence-electron chi connectivity index (χ0n) is 14.0. The summed E-state index contributed by atoms with van der Waals surface area (Å²) in [5, 5.41) is 0. The maximum atomic E-state index is 2.32. The van der Waals surface area contributed by atoms with Crippen molar-refractivity contribution in [2.75, 3.05) is 0 Å². The average Bonchev–Trinajstić information content (AvgIpc) is 2.72. The van der Waals surface area contributed by atoms with Gasteiger partial charge in [0.05, 0.1) is 0 Å². The predicted octanol–water partition coefficient (Wildman–Crippen LogP) is 3.06. The van der Waals surface area contributed by atoms with E-state index >= 15 is 0 Å². The van der Waals surface area contributed by atoms with Crippen LogP contribution < -0.4 is 14.0 Å². The molecule has 0 nitrogen and oxygen atoms in total. The first-order valence-corrected chi connectivity index (χ1v) is 13.6. The minimum atomic E-state index is -3.17. The summed E-state index contributed by atoms with van der Waals surface area (Å²) in [6.45, 7) is 0. The van der Waals surface area contributed by atoms with Gasteiger partial charge in [0.1, 0.15) is 0 Å². The molecular weight excluding hydrogens is 410 g/mol. The quantitative estimate of drug-likeness (QED) is 0.437. The van der Waals surface area contributed by atoms with E-state index in [1.165, 1.54) is 14.0 Å². The fourth-order valence-electron chi connectivity index (χ4n) is 3.50. The molecule has 0 aliphatic carbocycles. The molecule has 0 aromatic heterocycles. The molecule has 4 rings (SSSR count). The van der Waals surface area contributed by atoms with Gasteiger partial charge in [-0.2, -0.15) is 0 Å². The van der Waals surface area contributed by atoms with Crippen molar-refractivity contribution in [3.05, 3.63) is 121 Å². The summed E-state index contributed by atoms with van der Waals surface area (Å²) in [5.41, 5.74) is 0. The van der Waals surface area contributed by atoms with Gasteiger partial charge in [-0.15, -0.1) is 0 Å². The van der Waals surface area contributed by atoms with Gasteiger partial charge >= 0.3 is 154 Å². The van der Waals surface area contributed by atoms with Gasteiger partial charge in [-0.3, -0.25) is 0 Å². The van der Waals surface area contributed by atoms with Crippen LogP contribution in [0.2, 0.25) is 0 Å². The normalized spacial score (nSPS) is 11.2. The SMILES string of the molecule is c1cc[c]([Sb]([c]2ccccc2)([c]2ccccc2)[c]2ccccc2)cc1. The van der Waals surface area contributed by atoms with E-state index in [0.717, 1.165) is 0 Å². The van der Waals surface area contributed by atoms with Crippen LogP contribution in [0.4, 0.5) is 0 Å². The molecule has 0 bridgehead atoms. The number of hydrogen-bond donors (Lipinski definition) is 0. The van der Waals surface area contributed by atoms with Crippen LogP contribution in [0.15, 0.2) is 121 Å². The first-order chi connectivity index (χ1) is 12.4. The van der Waals surface area contributed by atoms with E-state index in [0.29, 0.717) is 0 Å². The Morgan fingerprint density at radius 3 is 0.680 bits per heavy atom. The van der Waals surface area contributed by atoms with Crippen molar-refractivity contribution >= 4 is 32.8 Å². The van der Waals surface area contributed by atoms with Gasteiger partial charge in [-0.05, 0) is 0 Å². The third kappa shape index (κ3) is 2.92. The summed E-state index contributed by atoms with van der Waals surface area (Å²) in [6, 6.07) is 44.4. The Morgan fingerprint density at radius 2 is 0.480 bits per heavy atom. The Kier molecular flexibility index (Phi) is 4.72. The average molecular weight is 430 g/mol. The van der Waals surface area contributed by atoms with Gasteiger partial charge in [-0.25, -0.2) is 0 Å². The number of benzene rings is 4. The molecule has 0 N–H and O–H groups in total. The Bertz CT molecular complexity index is 753. The minimum absolute atomic E-state index is 1.48. The summed E-state index contributed by atoms with van der Waals surface area (Å²) in [4.78, 5) is 0. The van der Waals surface area contributed by atoms with E-state index in [1.54, 1.807) is 0 Å². The maximum absolute atomic E-state index is 3.17. The van der Waals surface area contributed by atoms with Crippen LogP contribution in [0.5, 0.6) is 0 Å². The first-order valence-electron chi connectivity index (χ1n) is 8.54. The third-order valence-electron chi connectivity index (χ3n) is 4.57. The second-order valence-electron chi connectivity index (χ2n) is 6.01. The molecule has 0 unspecified atom stereocenters. The molecule has 0 aliphatic heterocycles. The predicted molar refractivity (Wildman–Crippen MR) is 110 cm³/mol. The van der Waals surface area contributed by atoms with E-state index in [2.05, 4.69) is 121 Å². The topological polar surface area (TPSA) is 0 Å². The molecule has 25 heavy (non-hydrogen) atoms. The Hall–Kier alpha value is -2.30. The zero-order valence-corrected chi connectivity index (χ0v) is 16.5. The van der Waals surface area contributed by atoms with Crippen molar-refractivity contribution in [2.24, 2.45) is 0 Å². The van der Waals surface area contributed by atoms with Crippen molar-refractivity contribution in [1.82, 2.24) is 0 Å². The Balaban J connectivity index is 2.13. The van der Waals surface area contributed by atoms with Crippen LogP contribution in [-0.4, -0.2) is 18.8 Å². The number of rotatable bonds is 4. The van der Waals surface area contributed by atoms with Crippen LogP contribution in [0.3, 0.4) is 0 Å². The molecule has 0 saturated carbocycles. The Labute approximate surface area is 153 Å². The summed E-state index contributed by atoms with van der Waals surface area (Å²) in [6.07, 6.45) is 0. The molecule has 0 fully saturated rings. The molecule has 0 heterocycles.